The van der Waals surface area contributed by atoms with Gasteiger partial charge in [-0.1, -0.05) is 78.0 Å². The molecular weight excluding hydrogens is 328 g/mol. The lowest BCUT2D eigenvalue weighted by atomic mass is 9.73. The quantitative estimate of drug-likeness (QED) is 0.629. The first-order valence-corrected chi connectivity index (χ1v) is 12.4. The average molecular weight is 367 g/mol. The van der Waals surface area contributed by atoms with Gasteiger partial charge in [0.2, 0.25) is 0 Å². The van der Waals surface area contributed by atoms with E-state index in [2.05, 4.69) is 33.9 Å². The number of aliphatic hydroxyl groups is 3. The Hall–Kier alpha value is -0.683. The van der Waals surface area contributed by atoms with Gasteiger partial charge in [-0.05, 0) is 23.9 Å². The molecule has 4 atom stereocenters. The zero-order valence-electron chi connectivity index (χ0n) is 17.2. The van der Waals surface area contributed by atoms with Crippen LogP contribution in [0.2, 0.25) is 18.1 Å². The van der Waals surface area contributed by atoms with Gasteiger partial charge in [-0.15, -0.1) is 0 Å². The summed E-state index contributed by atoms with van der Waals surface area (Å²) in [7, 11) is -1.95. The highest BCUT2D eigenvalue weighted by Crippen LogP contribution is 2.43. The van der Waals surface area contributed by atoms with Crippen molar-refractivity contribution < 1.29 is 15.3 Å². The van der Waals surface area contributed by atoms with E-state index < -0.39 is 31.4 Å². The summed E-state index contributed by atoms with van der Waals surface area (Å²) in [5.74, 6) is -0.213. The molecule has 0 bridgehead atoms. The maximum atomic E-state index is 11.1. The van der Waals surface area contributed by atoms with Crippen molar-refractivity contribution in [3.63, 3.8) is 0 Å². The number of benzene rings is 1. The van der Waals surface area contributed by atoms with Gasteiger partial charge in [0.1, 0.15) is 0 Å². The van der Waals surface area contributed by atoms with Gasteiger partial charge in [-0.2, -0.15) is 0 Å². The molecule has 0 amide bonds. The third-order valence-corrected chi connectivity index (χ3v) is 12.5. The predicted octanol–water partition coefficient (Wildman–Crippen LogP) is 4.34. The Bertz CT molecular complexity index is 532. The average Bonchev–Trinajstić information content (AvgIpc) is 2.51. The van der Waals surface area contributed by atoms with Crippen LogP contribution in [0, 0.1) is 5.41 Å². The van der Waals surface area contributed by atoms with Gasteiger partial charge in [0.05, 0.1) is 20.3 Å². The maximum Gasteiger partial charge on any atom is 0.0865 e. The summed E-state index contributed by atoms with van der Waals surface area (Å²) in [6, 6.07) is 9.89. The third kappa shape index (κ3) is 4.94. The Morgan fingerprint density at radius 1 is 0.920 bits per heavy atom. The van der Waals surface area contributed by atoms with Crippen molar-refractivity contribution in [1.82, 2.24) is 0 Å². The van der Waals surface area contributed by atoms with E-state index >= 15 is 0 Å². The van der Waals surface area contributed by atoms with Crippen LogP contribution in [0.4, 0.5) is 0 Å². The highest BCUT2D eigenvalue weighted by Gasteiger charge is 2.45. The molecule has 25 heavy (non-hydrogen) atoms. The molecule has 3 N–H and O–H groups in total. The first kappa shape index (κ1) is 22.4. The molecule has 4 unspecified atom stereocenters. The van der Waals surface area contributed by atoms with Crippen LogP contribution in [0.5, 0.6) is 0 Å². The van der Waals surface area contributed by atoms with Crippen molar-refractivity contribution in [3.8, 4) is 0 Å². The molecule has 0 aromatic heterocycles. The molecule has 0 fully saturated rings. The minimum Gasteiger partial charge on any atom is -0.396 e. The summed E-state index contributed by atoms with van der Waals surface area (Å²) < 4.78 is 0. The molecule has 0 spiro atoms. The van der Waals surface area contributed by atoms with Crippen LogP contribution in [0.15, 0.2) is 30.3 Å². The van der Waals surface area contributed by atoms with Crippen LogP contribution < -0.4 is 0 Å². The maximum absolute atomic E-state index is 11.1. The zero-order chi connectivity index (χ0) is 19.6. The highest BCUT2D eigenvalue weighted by molar-refractivity contribution is 6.81. The largest absolute Gasteiger partial charge is 0.396 e. The smallest absolute Gasteiger partial charge is 0.0865 e. The SMILES string of the molecule is CC(O)C(C)(C)C(O)C(CC(O)[Si](C)(C)C(C)(C)C)c1ccccc1. The summed E-state index contributed by atoms with van der Waals surface area (Å²) in [4.78, 5) is 0. The number of rotatable bonds is 7. The van der Waals surface area contributed by atoms with Gasteiger partial charge >= 0.3 is 0 Å². The molecule has 0 aliphatic rings. The van der Waals surface area contributed by atoms with E-state index in [0.29, 0.717) is 6.42 Å². The minimum atomic E-state index is -1.95. The molecule has 0 heterocycles. The third-order valence-electron chi connectivity index (χ3n) is 6.69. The fourth-order valence-electron chi connectivity index (χ4n) is 2.95. The first-order valence-electron chi connectivity index (χ1n) is 9.32. The highest BCUT2D eigenvalue weighted by atomic mass is 28.3. The predicted molar refractivity (Wildman–Crippen MR) is 108 cm³/mol. The van der Waals surface area contributed by atoms with Gasteiger partial charge in [0.15, 0.2) is 0 Å². The minimum absolute atomic E-state index is 0.0679. The van der Waals surface area contributed by atoms with Crippen LogP contribution in [-0.4, -0.2) is 41.3 Å². The lowest BCUT2D eigenvalue weighted by Crippen LogP contribution is -2.51. The van der Waals surface area contributed by atoms with Crippen molar-refractivity contribution in [1.29, 1.82) is 0 Å². The van der Waals surface area contributed by atoms with E-state index in [1.54, 1.807) is 6.92 Å². The van der Waals surface area contributed by atoms with Crippen LogP contribution in [0.3, 0.4) is 0 Å². The molecule has 1 rings (SSSR count). The summed E-state index contributed by atoms with van der Waals surface area (Å²) in [6.45, 7) is 16.5. The van der Waals surface area contributed by atoms with Crippen molar-refractivity contribution in [2.45, 2.75) is 89.9 Å². The Morgan fingerprint density at radius 2 is 1.40 bits per heavy atom. The standard InChI is InChI=1S/C21H38O3Si/c1-15(22)21(5,6)19(24)17(16-12-10-9-11-13-16)14-18(23)25(7,8)20(2,3)4/h9-13,15,17-19,22-24H,14H2,1-8H3. The van der Waals surface area contributed by atoms with Crippen LogP contribution in [0.1, 0.15) is 59.4 Å². The van der Waals surface area contributed by atoms with Gasteiger partial charge in [0.25, 0.3) is 0 Å². The number of hydrogen-bond acceptors (Lipinski definition) is 3. The molecule has 0 saturated carbocycles. The Balaban J connectivity index is 3.22. The molecule has 1 aromatic rings. The van der Waals surface area contributed by atoms with Crippen molar-refractivity contribution in [2.24, 2.45) is 5.41 Å². The van der Waals surface area contributed by atoms with E-state index in [0.717, 1.165) is 5.56 Å². The number of aliphatic hydroxyl groups excluding tert-OH is 3. The Morgan fingerprint density at radius 3 is 1.80 bits per heavy atom. The van der Waals surface area contributed by atoms with E-state index in [1.165, 1.54) is 0 Å². The van der Waals surface area contributed by atoms with Crippen molar-refractivity contribution in [3.05, 3.63) is 35.9 Å². The second kappa shape index (κ2) is 7.91. The molecule has 0 radical (unpaired) electrons. The lowest BCUT2D eigenvalue weighted by Gasteiger charge is -2.44. The second-order valence-corrected chi connectivity index (χ2v) is 15.3. The molecule has 144 valence electrons. The monoisotopic (exact) mass is 366 g/mol. The first-order chi connectivity index (χ1) is 11.2. The van der Waals surface area contributed by atoms with Crippen molar-refractivity contribution in [2.75, 3.05) is 0 Å². The topological polar surface area (TPSA) is 60.7 Å². The summed E-state index contributed by atoms with van der Waals surface area (Å²) in [5, 5.41) is 32.4. The van der Waals surface area contributed by atoms with Gasteiger partial charge < -0.3 is 15.3 Å². The summed E-state index contributed by atoms with van der Waals surface area (Å²) >= 11 is 0. The normalized spacial score (nSPS) is 18.5. The van der Waals surface area contributed by atoms with Crippen molar-refractivity contribution >= 4 is 8.07 Å². The van der Waals surface area contributed by atoms with E-state index in [9.17, 15) is 15.3 Å². The van der Waals surface area contributed by atoms with Crippen LogP contribution in [0.25, 0.3) is 0 Å². The fraction of sp³-hybridized carbons (Fsp3) is 0.714. The van der Waals surface area contributed by atoms with Gasteiger partial charge in [0, 0.05) is 17.1 Å². The van der Waals surface area contributed by atoms with E-state index in [4.69, 9.17) is 0 Å². The molecule has 4 heteroatoms. The molecule has 1 aromatic carbocycles. The van der Waals surface area contributed by atoms with Gasteiger partial charge in [-0.3, -0.25) is 0 Å². The van der Waals surface area contributed by atoms with Crippen LogP contribution in [-0.2, 0) is 0 Å². The molecular formula is C21H38O3Si. The second-order valence-electron chi connectivity index (χ2n) is 9.68. The molecule has 0 aliphatic carbocycles. The molecule has 0 aliphatic heterocycles. The lowest BCUT2D eigenvalue weighted by molar-refractivity contribution is -0.0557. The van der Waals surface area contributed by atoms with E-state index in [-0.39, 0.29) is 11.0 Å². The van der Waals surface area contributed by atoms with Gasteiger partial charge in [-0.25, -0.2) is 0 Å². The number of hydrogen-bond donors (Lipinski definition) is 3. The summed E-state index contributed by atoms with van der Waals surface area (Å²) in [5.41, 5.74) is -0.0770. The zero-order valence-corrected chi connectivity index (χ0v) is 18.2. The summed E-state index contributed by atoms with van der Waals surface area (Å²) in [6.07, 6.45) is -0.870. The Kier molecular flexibility index (Phi) is 7.07. The Labute approximate surface area is 155 Å². The van der Waals surface area contributed by atoms with Crippen LogP contribution >= 0.6 is 0 Å². The molecule has 3 nitrogen and oxygen atoms in total. The fourth-order valence-corrected chi connectivity index (χ4v) is 4.79. The molecule has 0 saturated heterocycles. The van der Waals surface area contributed by atoms with E-state index in [1.807, 2.05) is 44.2 Å².